The molecule has 0 amide bonds. The maximum atomic E-state index is 11.8. The van der Waals surface area contributed by atoms with Gasteiger partial charge in [0.05, 0.1) is 22.5 Å². The topological polar surface area (TPSA) is 80.7 Å². The van der Waals surface area contributed by atoms with Crippen LogP contribution >= 0.6 is 11.3 Å². The third-order valence-corrected chi connectivity index (χ3v) is 5.84. The molecule has 0 fully saturated rings. The van der Waals surface area contributed by atoms with Crippen molar-refractivity contribution < 1.29 is 18.7 Å². The summed E-state index contributed by atoms with van der Waals surface area (Å²) in [5.41, 5.74) is 2.94. The second-order valence-electron chi connectivity index (χ2n) is 5.95. The Morgan fingerprint density at radius 3 is 2.41 bits per heavy atom. The van der Waals surface area contributed by atoms with Crippen LogP contribution in [0, 0.1) is 0 Å². The summed E-state index contributed by atoms with van der Waals surface area (Å²) in [5.74, 6) is -0.935. The molecule has 1 heterocycles. The number of benzene rings is 2. The minimum Gasteiger partial charge on any atom is -0.755 e. The molecule has 7 heteroatoms. The third-order valence-electron chi connectivity index (χ3n) is 4.18. The number of thiophene rings is 1. The van der Waals surface area contributed by atoms with Crippen LogP contribution in [0.15, 0.2) is 66.0 Å². The fraction of sp³-hybridized carbons (Fsp3) is 0.150. The third kappa shape index (κ3) is 4.82. The van der Waals surface area contributed by atoms with Gasteiger partial charge in [-0.15, -0.1) is 11.3 Å². The van der Waals surface area contributed by atoms with Crippen molar-refractivity contribution in [1.82, 2.24) is 0 Å². The molecule has 3 aromatic rings. The SMILES string of the molecule is O=C(O)c1ccc(CCCc2ccccc2N(c2cccs2)S(=O)[O-])cc1. The first kappa shape index (κ1) is 19.3. The van der Waals surface area contributed by atoms with Gasteiger partial charge < -0.3 is 9.66 Å². The van der Waals surface area contributed by atoms with Crippen molar-refractivity contribution in [3.8, 4) is 0 Å². The lowest BCUT2D eigenvalue weighted by Gasteiger charge is -2.27. The van der Waals surface area contributed by atoms with Crippen LogP contribution in [0.25, 0.3) is 0 Å². The summed E-state index contributed by atoms with van der Waals surface area (Å²) in [6, 6.07) is 17.9. The van der Waals surface area contributed by atoms with E-state index in [1.165, 1.54) is 15.6 Å². The van der Waals surface area contributed by atoms with Crippen molar-refractivity contribution in [2.75, 3.05) is 4.31 Å². The number of rotatable bonds is 8. The summed E-state index contributed by atoms with van der Waals surface area (Å²) in [7, 11) is 0. The zero-order chi connectivity index (χ0) is 19.2. The lowest BCUT2D eigenvalue weighted by molar-refractivity contribution is 0.0697. The molecule has 0 radical (unpaired) electrons. The fourth-order valence-electron chi connectivity index (χ4n) is 2.88. The van der Waals surface area contributed by atoms with Gasteiger partial charge in [0.25, 0.3) is 0 Å². The first-order valence-corrected chi connectivity index (χ1v) is 10.3. The number of aromatic carboxylic acids is 1. The lowest BCUT2D eigenvalue weighted by atomic mass is 10.0. The van der Waals surface area contributed by atoms with Crippen molar-refractivity contribution in [2.45, 2.75) is 19.3 Å². The van der Waals surface area contributed by atoms with Crippen LogP contribution in [0.3, 0.4) is 0 Å². The van der Waals surface area contributed by atoms with Gasteiger partial charge in [-0.2, -0.15) is 0 Å². The molecule has 0 spiro atoms. The Balaban J connectivity index is 1.72. The van der Waals surface area contributed by atoms with Gasteiger partial charge in [0.15, 0.2) is 0 Å². The van der Waals surface area contributed by atoms with E-state index >= 15 is 0 Å². The molecule has 0 aliphatic heterocycles. The minimum atomic E-state index is -2.40. The summed E-state index contributed by atoms with van der Waals surface area (Å²) in [6.07, 6.45) is 2.33. The number of aryl methyl sites for hydroxylation is 2. The molecule has 3 rings (SSSR count). The zero-order valence-electron chi connectivity index (χ0n) is 14.4. The second-order valence-corrected chi connectivity index (χ2v) is 7.67. The van der Waals surface area contributed by atoms with Crippen LogP contribution in [0.2, 0.25) is 0 Å². The molecule has 27 heavy (non-hydrogen) atoms. The highest BCUT2D eigenvalue weighted by atomic mass is 32.2. The Morgan fingerprint density at radius 2 is 1.78 bits per heavy atom. The van der Waals surface area contributed by atoms with E-state index in [0.29, 0.717) is 10.7 Å². The van der Waals surface area contributed by atoms with Gasteiger partial charge in [-0.3, -0.25) is 8.51 Å². The maximum absolute atomic E-state index is 11.8. The molecule has 1 atom stereocenters. The van der Waals surface area contributed by atoms with E-state index < -0.39 is 17.2 Å². The van der Waals surface area contributed by atoms with Crippen molar-refractivity contribution in [3.63, 3.8) is 0 Å². The summed E-state index contributed by atoms with van der Waals surface area (Å²) < 4.78 is 25.0. The van der Waals surface area contributed by atoms with E-state index in [1.54, 1.807) is 18.2 Å². The highest BCUT2D eigenvalue weighted by molar-refractivity contribution is 7.81. The van der Waals surface area contributed by atoms with E-state index in [0.717, 1.165) is 30.4 Å². The fourth-order valence-corrected chi connectivity index (χ4v) is 4.38. The summed E-state index contributed by atoms with van der Waals surface area (Å²) in [6.45, 7) is 0. The van der Waals surface area contributed by atoms with Gasteiger partial charge in [0.2, 0.25) is 0 Å². The molecule has 0 aliphatic rings. The van der Waals surface area contributed by atoms with Crippen LogP contribution in [0.1, 0.15) is 27.9 Å². The predicted molar refractivity (Wildman–Crippen MR) is 107 cm³/mol. The van der Waals surface area contributed by atoms with Gasteiger partial charge in [0, 0.05) is 0 Å². The number of carboxylic acid groups (broad SMARTS) is 1. The quantitative estimate of drug-likeness (QED) is 0.562. The Morgan fingerprint density at radius 1 is 1.04 bits per heavy atom. The molecule has 0 saturated heterocycles. The molecule has 5 nitrogen and oxygen atoms in total. The molecule has 0 bridgehead atoms. The standard InChI is InChI=1S/C20H19NO4S2/c22-20(23)17-12-10-15(11-13-17)5-3-7-16-6-1-2-8-18(16)21(27(24)25)19-9-4-14-26-19/h1-2,4,6,8-14H,3,5,7H2,(H,22,23)(H,24,25)/p-1. The number of carboxylic acids is 1. The summed E-state index contributed by atoms with van der Waals surface area (Å²) in [5, 5.41) is 11.5. The first-order chi connectivity index (χ1) is 13.1. The number of nitrogens with zero attached hydrogens (tertiary/aromatic N) is 1. The Hall–Kier alpha value is -2.48. The number of carbonyl (C=O) groups is 1. The molecule has 1 aromatic heterocycles. The minimum absolute atomic E-state index is 0.272. The molecular weight excluding hydrogens is 382 g/mol. The van der Waals surface area contributed by atoms with Gasteiger partial charge in [-0.25, -0.2) is 4.79 Å². The summed E-state index contributed by atoms with van der Waals surface area (Å²) in [4.78, 5) is 10.9. The molecular formula is C20H18NO4S2-. The van der Waals surface area contributed by atoms with E-state index in [1.807, 2.05) is 47.8 Å². The van der Waals surface area contributed by atoms with E-state index in [9.17, 15) is 13.6 Å². The van der Waals surface area contributed by atoms with Crippen molar-refractivity contribution in [1.29, 1.82) is 0 Å². The van der Waals surface area contributed by atoms with Gasteiger partial charge in [-0.05, 0) is 66.1 Å². The van der Waals surface area contributed by atoms with E-state index in [-0.39, 0.29) is 5.56 Å². The number of hydrogen-bond donors (Lipinski definition) is 1. The molecule has 2 aromatic carbocycles. The van der Waals surface area contributed by atoms with Crippen LogP contribution in [0.4, 0.5) is 10.7 Å². The van der Waals surface area contributed by atoms with Crippen LogP contribution in [-0.2, 0) is 24.1 Å². The summed E-state index contributed by atoms with van der Waals surface area (Å²) >= 11 is -1.03. The maximum Gasteiger partial charge on any atom is 0.335 e. The largest absolute Gasteiger partial charge is 0.755 e. The van der Waals surface area contributed by atoms with E-state index in [4.69, 9.17) is 5.11 Å². The Kier molecular flexibility index (Phi) is 6.39. The number of anilines is 2. The zero-order valence-corrected chi connectivity index (χ0v) is 16.0. The van der Waals surface area contributed by atoms with Gasteiger partial charge in [-0.1, -0.05) is 30.3 Å². The Labute approximate surface area is 164 Å². The number of para-hydroxylation sites is 1. The monoisotopic (exact) mass is 400 g/mol. The van der Waals surface area contributed by atoms with Gasteiger partial charge in [0.1, 0.15) is 5.00 Å². The smallest absolute Gasteiger partial charge is 0.335 e. The molecule has 1 unspecified atom stereocenters. The highest BCUT2D eigenvalue weighted by Crippen LogP contribution is 2.33. The van der Waals surface area contributed by atoms with Crippen LogP contribution in [0.5, 0.6) is 0 Å². The highest BCUT2D eigenvalue weighted by Gasteiger charge is 2.15. The number of hydrogen-bond acceptors (Lipinski definition) is 4. The predicted octanol–water partition coefficient (Wildman–Crippen LogP) is 4.55. The molecule has 0 saturated carbocycles. The lowest BCUT2D eigenvalue weighted by Crippen LogP contribution is -2.19. The average Bonchev–Trinajstić information content (AvgIpc) is 3.17. The Bertz CT molecular complexity index is 923. The van der Waals surface area contributed by atoms with Gasteiger partial charge >= 0.3 is 5.97 Å². The molecule has 1 N–H and O–H groups in total. The van der Waals surface area contributed by atoms with Crippen molar-refractivity contribution in [2.24, 2.45) is 0 Å². The second kappa shape index (κ2) is 8.94. The average molecular weight is 401 g/mol. The van der Waals surface area contributed by atoms with Crippen LogP contribution in [-0.4, -0.2) is 19.8 Å². The van der Waals surface area contributed by atoms with E-state index in [2.05, 4.69) is 0 Å². The normalized spacial score (nSPS) is 11.9. The molecule has 0 aliphatic carbocycles. The van der Waals surface area contributed by atoms with Crippen molar-refractivity contribution >= 4 is 39.3 Å². The first-order valence-electron chi connectivity index (χ1n) is 8.39. The molecule has 140 valence electrons. The van der Waals surface area contributed by atoms with Crippen molar-refractivity contribution in [3.05, 3.63) is 82.7 Å². The van der Waals surface area contributed by atoms with Crippen LogP contribution < -0.4 is 4.31 Å².